The standard InChI is InChI=1S/2C3H8O.Hf/c2*1-3(2)4;/h2*3-4H,1-2H3;. The van der Waals surface area contributed by atoms with E-state index in [-0.39, 0.29) is 38.1 Å². The molecule has 2 nitrogen and oxygen atoms in total. The molecular weight excluding hydrogens is 283 g/mol. The molecule has 0 aromatic carbocycles. The first kappa shape index (κ1) is 16.4. The van der Waals surface area contributed by atoms with E-state index in [0.717, 1.165) is 0 Å². The summed E-state index contributed by atoms with van der Waals surface area (Å²) in [5.41, 5.74) is 0. The number of rotatable bonds is 0. The van der Waals surface area contributed by atoms with Gasteiger partial charge in [-0.25, -0.2) is 0 Å². The summed E-state index contributed by atoms with van der Waals surface area (Å²) in [5.74, 6) is 0. The minimum absolute atomic E-state index is 0. The molecule has 0 atom stereocenters. The van der Waals surface area contributed by atoms with Crippen LogP contribution in [0.15, 0.2) is 0 Å². The first-order valence-corrected chi connectivity index (χ1v) is 2.83. The van der Waals surface area contributed by atoms with Crippen LogP contribution in [0.4, 0.5) is 0 Å². The van der Waals surface area contributed by atoms with Crippen molar-refractivity contribution in [3.05, 3.63) is 0 Å². The Morgan fingerprint density at radius 1 is 0.778 bits per heavy atom. The van der Waals surface area contributed by atoms with Crippen LogP contribution in [0.2, 0.25) is 0 Å². The summed E-state index contributed by atoms with van der Waals surface area (Å²) in [5, 5.41) is 16.1. The van der Waals surface area contributed by atoms with Crippen molar-refractivity contribution in [3.8, 4) is 0 Å². The van der Waals surface area contributed by atoms with E-state index in [2.05, 4.69) is 0 Å². The third-order valence-corrected chi connectivity index (χ3v) is 0. The number of aliphatic hydroxyl groups is 2. The molecular formula is C6H16HfO2. The zero-order chi connectivity index (χ0) is 7.15. The Morgan fingerprint density at radius 2 is 0.778 bits per heavy atom. The Hall–Kier alpha value is 0.790. The molecule has 0 heterocycles. The molecule has 0 bridgehead atoms. The van der Waals surface area contributed by atoms with E-state index in [9.17, 15) is 0 Å². The predicted molar refractivity (Wildman–Crippen MR) is 34.7 cm³/mol. The molecule has 56 valence electrons. The molecule has 0 spiro atoms. The maximum atomic E-state index is 8.06. The van der Waals surface area contributed by atoms with Gasteiger partial charge in [-0.05, 0) is 27.7 Å². The minimum Gasteiger partial charge on any atom is -0.394 e. The van der Waals surface area contributed by atoms with Crippen LogP contribution in [0.5, 0.6) is 0 Å². The quantitative estimate of drug-likeness (QED) is 0.649. The average Bonchev–Trinajstić information content (AvgIpc) is 1.25. The summed E-state index contributed by atoms with van der Waals surface area (Å²) in [7, 11) is 0. The van der Waals surface area contributed by atoms with Gasteiger partial charge in [-0.2, -0.15) is 0 Å². The van der Waals surface area contributed by atoms with E-state index in [1.165, 1.54) is 0 Å². The minimum atomic E-state index is -0.167. The molecule has 0 aromatic heterocycles. The number of hydrogen-bond donors (Lipinski definition) is 2. The molecule has 0 saturated heterocycles. The van der Waals surface area contributed by atoms with Gasteiger partial charge in [0.25, 0.3) is 0 Å². The van der Waals surface area contributed by atoms with Crippen LogP contribution in [-0.2, 0) is 25.8 Å². The second-order valence-electron chi connectivity index (χ2n) is 2.19. The Bertz CT molecular complexity index is 26.5. The van der Waals surface area contributed by atoms with Crippen LogP contribution in [0.25, 0.3) is 0 Å². The third-order valence-electron chi connectivity index (χ3n) is 0. The van der Waals surface area contributed by atoms with Crippen LogP contribution in [0.1, 0.15) is 27.7 Å². The fraction of sp³-hybridized carbons (Fsp3) is 1.00. The molecule has 0 fully saturated rings. The summed E-state index contributed by atoms with van der Waals surface area (Å²) in [6, 6.07) is 0. The molecule has 0 saturated carbocycles. The molecule has 0 rings (SSSR count). The molecule has 9 heavy (non-hydrogen) atoms. The fourth-order valence-electron chi connectivity index (χ4n) is 0. The van der Waals surface area contributed by atoms with Crippen LogP contribution >= 0.6 is 0 Å². The average molecular weight is 299 g/mol. The van der Waals surface area contributed by atoms with Gasteiger partial charge in [-0.1, -0.05) is 0 Å². The van der Waals surface area contributed by atoms with Gasteiger partial charge in [0, 0.05) is 38.1 Å². The monoisotopic (exact) mass is 300 g/mol. The molecule has 2 N–H and O–H groups in total. The summed E-state index contributed by atoms with van der Waals surface area (Å²) >= 11 is 0. The van der Waals surface area contributed by atoms with Gasteiger partial charge in [0.15, 0.2) is 0 Å². The van der Waals surface area contributed by atoms with Crippen molar-refractivity contribution in [3.63, 3.8) is 0 Å². The Kier molecular flexibility index (Phi) is 21.1. The molecule has 0 amide bonds. The van der Waals surface area contributed by atoms with E-state index >= 15 is 0 Å². The third kappa shape index (κ3) is 649. The maximum Gasteiger partial charge on any atom is 0.0483 e. The molecule has 0 unspecified atom stereocenters. The van der Waals surface area contributed by atoms with Crippen molar-refractivity contribution in [2.24, 2.45) is 0 Å². The molecule has 0 aromatic rings. The molecule has 0 aliphatic rings. The van der Waals surface area contributed by atoms with Gasteiger partial charge in [-0.15, -0.1) is 0 Å². The van der Waals surface area contributed by atoms with Crippen LogP contribution in [0, 0.1) is 0 Å². The van der Waals surface area contributed by atoms with Gasteiger partial charge in [0.05, 0.1) is 0 Å². The summed E-state index contributed by atoms with van der Waals surface area (Å²) in [6.07, 6.45) is -0.333. The van der Waals surface area contributed by atoms with Crippen molar-refractivity contribution >= 4 is 0 Å². The summed E-state index contributed by atoms with van der Waals surface area (Å²) < 4.78 is 0. The Morgan fingerprint density at radius 3 is 0.778 bits per heavy atom. The molecule has 0 aliphatic carbocycles. The molecule has 3 heteroatoms. The normalized spacial score (nSPS) is 8.00. The smallest absolute Gasteiger partial charge is 0.0483 e. The van der Waals surface area contributed by atoms with E-state index < -0.39 is 0 Å². The van der Waals surface area contributed by atoms with Crippen molar-refractivity contribution in [1.82, 2.24) is 0 Å². The van der Waals surface area contributed by atoms with Crippen molar-refractivity contribution in [1.29, 1.82) is 0 Å². The summed E-state index contributed by atoms with van der Waals surface area (Å²) in [4.78, 5) is 0. The second-order valence-corrected chi connectivity index (χ2v) is 2.19. The van der Waals surface area contributed by atoms with E-state index in [1.54, 1.807) is 27.7 Å². The fourth-order valence-corrected chi connectivity index (χ4v) is 0. The maximum absolute atomic E-state index is 8.06. The zero-order valence-corrected chi connectivity index (χ0v) is 10.1. The number of hydrogen-bond acceptors (Lipinski definition) is 2. The van der Waals surface area contributed by atoms with Gasteiger partial charge >= 0.3 is 0 Å². The van der Waals surface area contributed by atoms with Gasteiger partial charge < -0.3 is 10.2 Å². The van der Waals surface area contributed by atoms with Crippen LogP contribution in [0.3, 0.4) is 0 Å². The SMILES string of the molecule is CC(C)O.CC(C)O.[Hf]. The summed E-state index contributed by atoms with van der Waals surface area (Å²) in [6.45, 7) is 6.89. The van der Waals surface area contributed by atoms with Gasteiger partial charge in [0.2, 0.25) is 0 Å². The first-order valence-electron chi connectivity index (χ1n) is 2.83. The van der Waals surface area contributed by atoms with Crippen LogP contribution < -0.4 is 0 Å². The van der Waals surface area contributed by atoms with Crippen molar-refractivity contribution in [2.45, 2.75) is 39.9 Å². The zero-order valence-electron chi connectivity index (χ0n) is 6.55. The second kappa shape index (κ2) is 11.6. The van der Waals surface area contributed by atoms with E-state index in [1.807, 2.05) is 0 Å². The largest absolute Gasteiger partial charge is 0.394 e. The van der Waals surface area contributed by atoms with Crippen molar-refractivity contribution in [2.75, 3.05) is 0 Å². The topological polar surface area (TPSA) is 40.5 Å². The van der Waals surface area contributed by atoms with Gasteiger partial charge in [0.1, 0.15) is 0 Å². The van der Waals surface area contributed by atoms with Gasteiger partial charge in [-0.3, -0.25) is 0 Å². The Balaban J connectivity index is -0.0000000720. The number of aliphatic hydroxyl groups excluding tert-OH is 2. The first-order chi connectivity index (χ1) is 3.46. The van der Waals surface area contributed by atoms with E-state index in [4.69, 9.17) is 10.2 Å². The molecule has 0 radical (unpaired) electrons. The molecule has 0 aliphatic heterocycles. The Labute approximate surface area is 76.1 Å². The van der Waals surface area contributed by atoms with E-state index in [0.29, 0.717) is 0 Å². The van der Waals surface area contributed by atoms with Crippen LogP contribution in [-0.4, -0.2) is 22.4 Å². The van der Waals surface area contributed by atoms with Crippen molar-refractivity contribution < 1.29 is 36.1 Å². The predicted octanol–water partition coefficient (Wildman–Crippen LogP) is 0.772.